The smallest absolute Gasteiger partial charge is 0.162 e. The van der Waals surface area contributed by atoms with Crippen LogP contribution in [0.3, 0.4) is 0 Å². The minimum Gasteiger partial charge on any atom is -0.493 e. The molecule has 0 unspecified atom stereocenters. The van der Waals surface area contributed by atoms with Gasteiger partial charge in [-0.2, -0.15) is 0 Å². The Morgan fingerprint density at radius 1 is 0.844 bits per heavy atom. The van der Waals surface area contributed by atoms with Crippen molar-refractivity contribution in [3.63, 3.8) is 0 Å². The number of nitrogens with one attached hydrogen (secondary N) is 1. The lowest BCUT2D eigenvalue weighted by atomic mass is 9.75. The molecule has 3 aromatic carbocycles. The fraction of sp³-hybridized carbons (Fsp3) is 0.222. The third-order valence-electron chi connectivity index (χ3n) is 6.07. The van der Waals surface area contributed by atoms with Crippen LogP contribution < -0.4 is 19.5 Å². The number of benzene rings is 3. The van der Waals surface area contributed by atoms with Gasteiger partial charge in [0.2, 0.25) is 0 Å². The summed E-state index contributed by atoms with van der Waals surface area (Å²) in [5, 5.41) is 3.50. The van der Waals surface area contributed by atoms with Crippen molar-refractivity contribution in [3.8, 4) is 23.0 Å². The van der Waals surface area contributed by atoms with Gasteiger partial charge in [-0.15, -0.1) is 0 Å². The van der Waals surface area contributed by atoms with E-state index in [1.54, 1.807) is 14.2 Å². The quantitative estimate of drug-likeness (QED) is 0.536. The molecule has 1 heterocycles. The van der Waals surface area contributed by atoms with E-state index < -0.39 is 0 Å². The van der Waals surface area contributed by atoms with Gasteiger partial charge in [-0.3, -0.25) is 4.79 Å². The number of allylic oxidation sites excluding steroid dienone is 2. The number of carbonyl (C=O) groups is 1. The summed E-state index contributed by atoms with van der Waals surface area (Å²) >= 11 is 0. The second-order valence-electron chi connectivity index (χ2n) is 8.01. The summed E-state index contributed by atoms with van der Waals surface area (Å²) in [5.41, 5.74) is 4.79. The van der Waals surface area contributed by atoms with Crippen LogP contribution in [0.1, 0.15) is 36.3 Å². The van der Waals surface area contributed by atoms with Crippen molar-refractivity contribution in [2.75, 3.05) is 19.5 Å². The zero-order chi connectivity index (χ0) is 22.1. The normalized spacial score (nSPS) is 17.2. The molecule has 0 bridgehead atoms. The number of ether oxygens (including phenoxy) is 3. The lowest BCUT2D eigenvalue weighted by Gasteiger charge is -2.34. The predicted molar refractivity (Wildman–Crippen MR) is 124 cm³/mol. The first-order valence-electron chi connectivity index (χ1n) is 10.8. The van der Waals surface area contributed by atoms with Crippen LogP contribution in [-0.4, -0.2) is 20.0 Å². The summed E-state index contributed by atoms with van der Waals surface area (Å²) in [6.07, 6.45) is 2.28. The van der Waals surface area contributed by atoms with Gasteiger partial charge < -0.3 is 19.5 Å². The Balaban J connectivity index is 1.64. The van der Waals surface area contributed by atoms with E-state index in [0.717, 1.165) is 52.4 Å². The molecule has 2 aliphatic rings. The molecule has 1 aliphatic heterocycles. The van der Waals surface area contributed by atoms with Gasteiger partial charge in [0.15, 0.2) is 17.3 Å². The standard InChI is InChI=1S/C27H25NO4/c1-30-24-15-20-22(16-25(24)31-2)28-21-12-7-13-23(29)27(21)26(20)17-8-6-11-19(14-17)32-18-9-4-3-5-10-18/h3-6,8-11,14-16,26,28H,7,12-13H2,1-2H3/t26-/m1/s1. The molecule has 0 aromatic heterocycles. The van der Waals surface area contributed by atoms with Gasteiger partial charge in [-0.1, -0.05) is 30.3 Å². The Labute approximate surface area is 187 Å². The second-order valence-corrected chi connectivity index (χ2v) is 8.01. The van der Waals surface area contributed by atoms with Gasteiger partial charge in [0.05, 0.1) is 14.2 Å². The fourth-order valence-electron chi connectivity index (χ4n) is 4.62. The Bertz CT molecular complexity index is 1200. The van der Waals surface area contributed by atoms with Gasteiger partial charge in [0.1, 0.15) is 11.5 Å². The van der Waals surface area contributed by atoms with E-state index in [2.05, 4.69) is 11.4 Å². The molecule has 0 amide bonds. The summed E-state index contributed by atoms with van der Waals surface area (Å²) in [7, 11) is 3.25. The average Bonchev–Trinajstić information content (AvgIpc) is 2.83. The van der Waals surface area contributed by atoms with Crippen LogP contribution in [0.4, 0.5) is 5.69 Å². The predicted octanol–water partition coefficient (Wildman–Crippen LogP) is 6.06. The Morgan fingerprint density at radius 3 is 2.38 bits per heavy atom. The number of Topliss-reactive ketones (excluding diaryl/α,β-unsaturated/α-hetero) is 1. The molecule has 5 heteroatoms. The van der Waals surface area contributed by atoms with E-state index in [-0.39, 0.29) is 11.7 Å². The Kier molecular flexibility index (Phi) is 5.31. The third-order valence-corrected chi connectivity index (χ3v) is 6.07. The highest BCUT2D eigenvalue weighted by Crippen LogP contribution is 2.49. The SMILES string of the molecule is COc1cc2c(cc1OC)[C@@H](c1cccc(Oc3ccccc3)c1)C1=C(CCCC1=O)N2. The first-order valence-corrected chi connectivity index (χ1v) is 10.8. The van der Waals surface area contributed by atoms with Gasteiger partial charge in [0, 0.05) is 35.4 Å². The molecule has 0 saturated carbocycles. The molecular weight excluding hydrogens is 402 g/mol. The highest BCUT2D eigenvalue weighted by atomic mass is 16.5. The van der Waals surface area contributed by atoms with E-state index in [4.69, 9.17) is 14.2 Å². The van der Waals surface area contributed by atoms with Crippen molar-refractivity contribution in [2.45, 2.75) is 25.2 Å². The summed E-state index contributed by atoms with van der Waals surface area (Å²) < 4.78 is 17.2. The summed E-state index contributed by atoms with van der Waals surface area (Å²) in [5.74, 6) is 2.80. The van der Waals surface area contributed by atoms with E-state index >= 15 is 0 Å². The molecule has 3 aromatic rings. The van der Waals surface area contributed by atoms with Crippen molar-refractivity contribution in [2.24, 2.45) is 0 Å². The number of fused-ring (bicyclic) bond motifs is 1. The topological polar surface area (TPSA) is 56.8 Å². The summed E-state index contributed by atoms with van der Waals surface area (Å²) in [6.45, 7) is 0. The molecule has 0 saturated heterocycles. The van der Waals surface area contributed by atoms with Crippen molar-refractivity contribution >= 4 is 11.5 Å². The van der Waals surface area contributed by atoms with Crippen LogP contribution >= 0.6 is 0 Å². The van der Waals surface area contributed by atoms with Gasteiger partial charge in [-0.05, 0) is 54.3 Å². The molecule has 32 heavy (non-hydrogen) atoms. The first-order chi connectivity index (χ1) is 15.7. The maximum Gasteiger partial charge on any atom is 0.162 e. The van der Waals surface area contributed by atoms with Crippen molar-refractivity contribution < 1.29 is 19.0 Å². The minimum absolute atomic E-state index is 0.193. The van der Waals surface area contributed by atoms with Gasteiger partial charge in [0.25, 0.3) is 0 Å². The maximum atomic E-state index is 13.1. The molecule has 1 N–H and O–H groups in total. The van der Waals surface area contributed by atoms with Crippen LogP contribution in [0.5, 0.6) is 23.0 Å². The number of para-hydroxylation sites is 1. The van der Waals surface area contributed by atoms with Crippen molar-refractivity contribution in [1.29, 1.82) is 0 Å². The number of hydrogen-bond donors (Lipinski definition) is 1. The molecule has 1 aliphatic carbocycles. The van der Waals surface area contributed by atoms with Crippen LogP contribution in [0.2, 0.25) is 0 Å². The van der Waals surface area contributed by atoms with Crippen LogP contribution in [0, 0.1) is 0 Å². The number of methoxy groups -OCH3 is 2. The minimum atomic E-state index is -0.201. The van der Waals surface area contributed by atoms with Crippen LogP contribution in [0.25, 0.3) is 0 Å². The largest absolute Gasteiger partial charge is 0.493 e. The lowest BCUT2D eigenvalue weighted by Crippen LogP contribution is -2.27. The number of anilines is 1. The number of rotatable bonds is 5. The highest BCUT2D eigenvalue weighted by Gasteiger charge is 2.36. The fourth-order valence-corrected chi connectivity index (χ4v) is 4.62. The molecule has 0 spiro atoms. The van der Waals surface area contributed by atoms with Gasteiger partial charge in [-0.25, -0.2) is 0 Å². The average molecular weight is 428 g/mol. The third kappa shape index (κ3) is 3.60. The van der Waals surface area contributed by atoms with Crippen LogP contribution in [0.15, 0.2) is 78.0 Å². The van der Waals surface area contributed by atoms with Crippen molar-refractivity contribution in [3.05, 3.63) is 89.1 Å². The molecule has 1 atom stereocenters. The van der Waals surface area contributed by atoms with E-state index in [9.17, 15) is 4.79 Å². The maximum absolute atomic E-state index is 13.1. The Hall–Kier alpha value is -3.73. The first kappa shape index (κ1) is 20.2. The molecular formula is C27H25NO4. The van der Waals surface area contributed by atoms with E-state index in [1.165, 1.54) is 0 Å². The second kappa shape index (κ2) is 8.42. The number of ketones is 1. The molecule has 0 fully saturated rings. The zero-order valence-corrected chi connectivity index (χ0v) is 18.2. The van der Waals surface area contributed by atoms with Crippen molar-refractivity contribution in [1.82, 2.24) is 0 Å². The van der Waals surface area contributed by atoms with Gasteiger partial charge >= 0.3 is 0 Å². The molecule has 162 valence electrons. The molecule has 5 rings (SSSR count). The van der Waals surface area contributed by atoms with E-state index in [1.807, 2.05) is 60.7 Å². The lowest BCUT2D eigenvalue weighted by molar-refractivity contribution is -0.116. The monoisotopic (exact) mass is 427 g/mol. The van der Waals surface area contributed by atoms with E-state index in [0.29, 0.717) is 17.9 Å². The molecule has 5 nitrogen and oxygen atoms in total. The number of hydrogen-bond acceptors (Lipinski definition) is 5. The zero-order valence-electron chi connectivity index (χ0n) is 18.2. The Morgan fingerprint density at radius 2 is 1.59 bits per heavy atom. The molecule has 0 radical (unpaired) electrons. The summed E-state index contributed by atoms with van der Waals surface area (Å²) in [4.78, 5) is 13.1. The van der Waals surface area contributed by atoms with Crippen LogP contribution in [-0.2, 0) is 4.79 Å². The highest BCUT2D eigenvalue weighted by molar-refractivity contribution is 6.01. The number of carbonyl (C=O) groups excluding carboxylic acids is 1. The summed E-state index contributed by atoms with van der Waals surface area (Å²) in [6, 6.07) is 21.6.